The maximum atomic E-state index is 8.30. The van der Waals surface area contributed by atoms with Crippen LogP contribution in [-0.2, 0) is 0 Å². The van der Waals surface area contributed by atoms with E-state index < -0.39 is 6.10 Å². The zero-order valence-electron chi connectivity index (χ0n) is 8.32. The number of hydrogen-bond acceptors (Lipinski definition) is 4. The third-order valence-corrected chi connectivity index (χ3v) is 1.33. The molecule has 0 aromatic rings. The molecule has 4 N–H and O–H groups in total. The number of aliphatic hydroxyl groups excluding tert-OH is 4. The molecule has 0 heterocycles. The summed E-state index contributed by atoms with van der Waals surface area (Å²) in [6.07, 6.45) is 3.27. The zero-order chi connectivity index (χ0) is 10.5. The van der Waals surface area contributed by atoms with Gasteiger partial charge in [0.25, 0.3) is 0 Å². The summed E-state index contributed by atoms with van der Waals surface area (Å²) < 4.78 is 0. The Balaban J connectivity index is 0. The molecule has 1 atom stereocenters. The van der Waals surface area contributed by atoms with Gasteiger partial charge in [-0.1, -0.05) is 12.8 Å². The van der Waals surface area contributed by atoms with Crippen molar-refractivity contribution in [2.75, 3.05) is 19.8 Å². The highest BCUT2D eigenvalue weighted by molar-refractivity contribution is 4.39. The second-order valence-corrected chi connectivity index (χ2v) is 2.89. The molecule has 0 fully saturated rings. The van der Waals surface area contributed by atoms with Gasteiger partial charge in [-0.3, -0.25) is 0 Å². The molecular weight excluding hydrogens is 172 g/mol. The van der Waals surface area contributed by atoms with Crippen LogP contribution in [-0.4, -0.2) is 46.4 Å². The predicted molar refractivity (Wildman–Crippen MR) is 51.4 cm³/mol. The first kappa shape index (κ1) is 15.3. The third-order valence-electron chi connectivity index (χ3n) is 1.33. The Morgan fingerprint density at radius 3 is 1.31 bits per heavy atom. The molecule has 0 aliphatic carbocycles. The van der Waals surface area contributed by atoms with Crippen molar-refractivity contribution < 1.29 is 20.4 Å². The van der Waals surface area contributed by atoms with E-state index in [1.54, 1.807) is 0 Å². The molecule has 0 aromatic carbocycles. The summed E-state index contributed by atoms with van der Waals surface area (Å²) >= 11 is 0. The number of rotatable bonds is 6. The average molecular weight is 194 g/mol. The van der Waals surface area contributed by atoms with E-state index in [1.807, 2.05) is 0 Å². The molecule has 0 aromatic heterocycles. The number of aliphatic hydroxyl groups is 4. The summed E-state index contributed by atoms with van der Waals surface area (Å²) in [5.74, 6) is 0. The van der Waals surface area contributed by atoms with Gasteiger partial charge in [-0.2, -0.15) is 0 Å². The molecule has 0 saturated carbocycles. The van der Waals surface area contributed by atoms with Crippen molar-refractivity contribution in [2.45, 2.75) is 38.7 Å². The SMILES string of the molecule is CC(O)CO.OCCCCCCO. The van der Waals surface area contributed by atoms with Crippen molar-refractivity contribution in [3.8, 4) is 0 Å². The minimum absolute atomic E-state index is 0.139. The predicted octanol–water partition coefficient (Wildman–Crippen LogP) is -0.109. The molecule has 0 saturated heterocycles. The van der Waals surface area contributed by atoms with E-state index in [1.165, 1.54) is 6.92 Å². The monoisotopic (exact) mass is 194 g/mol. The maximum absolute atomic E-state index is 8.30. The van der Waals surface area contributed by atoms with Crippen LogP contribution in [0.2, 0.25) is 0 Å². The van der Waals surface area contributed by atoms with Crippen LogP contribution in [0.5, 0.6) is 0 Å². The molecule has 0 bridgehead atoms. The highest BCUT2D eigenvalue weighted by atomic mass is 16.3. The van der Waals surface area contributed by atoms with Crippen LogP contribution in [0, 0.1) is 0 Å². The molecule has 82 valence electrons. The summed E-state index contributed by atoms with van der Waals surface area (Å²) in [6.45, 7) is 1.96. The molecule has 4 nitrogen and oxygen atoms in total. The maximum Gasteiger partial charge on any atom is 0.0742 e. The van der Waals surface area contributed by atoms with Gasteiger partial charge in [0.05, 0.1) is 12.7 Å². The molecule has 13 heavy (non-hydrogen) atoms. The van der Waals surface area contributed by atoms with E-state index in [0.29, 0.717) is 0 Å². The summed E-state index contributed by atoms with van der Waals surface area (Å²) in [5, 5.41) is 32.6. The Bertz CT molecular complexity index is 70.0. The molecule has 0 aliphatic rings. The Morgan fingerprint density at radius 1 is 0.846 bits per heavy atom. The lowest BCUT2D eigenvalue weighted by molar-refractivity contribution is 0.110. The highest BCUT2D eigenvalue weighted by Gasteiger charge is 1.84. The number of unbranched alkanes of at least 4 members (excludes halogenated alkanes) is 3. The molecule has 0 spiro atoms. The van der Waals surface area contributed by atoms with Gasteiger partial charge in [0, 0.05) is 13.2 Å². The van der Waals surface area contributed by atoms with E-state index in [2.05, 4.69) is 0 Å². The molecule has 0 rings (SSSR count). The lowest BCUT2D eigenvalue weighted by Crippen LogP contribution is -2.03. The van der Waals surface area contributed by atoms with Gasteiger partial charge in [-0.05, 0) is 19.8 Å². The molecular formula is C9H22O4. The van der Waals surface area contributed by atoms with Crippen LogP contribution in [0.15, 0.2) is 0 Å². The Morgan fingerprint density at radius 2 is 1.15 bits per heavy atom. The van der Waals surface area contributed by atoms with Crippen molar-refractivity contribution in [1.82, 2.24) is 0 Å². The normalized spacial score (nSPS) is 11.8. The van der Waals surface area contributed by atoms with Crippen molar-refractivity contribution in [2.24, 2.45) is 0 Å². The topological polar surface area (TPSA) is 80.9 Å². The molecule has 0 radical (unpaired) electrons. The number of hydrogen-bond donors (Lipinski definition) is 4. The van der Waals surface area contributed by atoms with E-state index in [-0.39, 0.29) is 19.8 Å². The first-order valence-corrected chi connectivity index (χ1v) is 4.69. The first-order chi connectivity index (χ1) is 6.18. The lowest BCUT2D eigenvalue weighted by atomic mass is 10.2. The van der Waals surface area contributed by atoms with Crippen LogP contribution < -0.4 is 0 Å². The van der Waals surface area contributed by atoms with E-state index >= 15 is 0 Å². The fraction of sp³-hybridized carbons (Fsp3) is 1.00. The van der Waals surface area contributed by atoms with E-state index in [9.17, 15) is 0 Å². The van der Waals surface area contributed by atoms with Crippen molar-refractivity contribution in [3.63, 3.8) is 0 Å². The van der Waals surface area contributed by atoms with Crippen molar-refractivity contribution in [1.29, 1.82) is 0 Å². The molecule has 0 amide bonds. The largest absolute Gasteiger partial charge is 0.396 e. The smallest absolute Gasteiger partial charge is 0.0742 e. The zero-order valence-corrected chi connectivity index (χ0v) is 8.32. The minimum atomic E-state index is -0.560. The Hall–Kier alpha value is -0.160. The standard InChI is InChI=1S/C6H14O2.C3H8O2/c7-5-3-1-2-4-6-8;1-3(5)2-4/h7-8H,1-6H2;3-5H,2H2,1H3. The quantitative estimate of drug-likeness (QED) is 0.445. The average Bonchev–Trinajstić information content (AvgIpc) is 2.14. The van der Waals surface area contributed by atoms with Gasteiger partial charge in [0.2, 0.25) is 0 Å². The van der Waals surface area contributed by atoms with E-state index in [4.69, 9.17) is 20.4 Å². The fourth-order valence-electron chi connectivity index (χ4n) is 0.577. The molecule has 1 unspecified atom stereocenters. The van der Waals surface area contributed by atoms with Gasteiger partial charge < -0.3 is 20.4 Å². The van der Waals surface area contributed by atoms with Crippen LogP contribution in [0.4, 0.5) is 0 Å². The summed E-state index contributed by atoms with van der Waals surface area (Å²) in [5.41, 5.74) is 0. The Labute approximate surface area is 79.8 Å². The molecule has 0 aliphatic heterocycles. The van der Waals surface area contributed by atoms with Gasteiger partial charge >= 0.3 is 0 Å². The van der Waals surface area contributed by atoms with Crippen molar-refractivity contribution in [3.05, 3.63) is 0 Å². The summed E-state index contributed by atoms with van der Waals surface area (Å²) in [7, 11) is 0. The second-order valence-electron chi connectivity index (χ2n) is 2.89. The van der Waals surface area contributed by atoms with Gasteiger partial charge in [0.1, 0.15) is 0 Å². The second kappa shape index (κ2) is 14.4. The van der Waals surface area contributed by atoms with E-state index in [0.717, 1.165) is 25.7 Å². The highest BCUT2D eigenvalue weighted by Crippen LogP contribution is 1.96. The summed E-state index contributed by atoms with van der Waals surface area (Å²) in [6, 6.07) is 0. The van der Waals surface area contributed by atoms with Crippen LogP contribution in [0.25, 0.3) is 0 Å². The fourth-order valence-corrected chi connectivity index (χ4v) is 0.577. The van der Waals surface area contributed by atoms with Gasteiger partial charge in [-0.15, -0.1) is 0 Å². The lowest BCUT2D eigenvalue weighted by Gasteiger charge is -1.93. The molecule has 4 heteroatoms. The first-order valence-electron chi connectivity index (χ1n) is 4.69. The minimum Gasteiger partial charge on any atom is -0.396 e. The third kappa shape index (κ3) is 24.5. The van der Waals surface area contributed by atoms with Crippen LogP contribution in [0.3, 0.4) is 0 Å². The Kier molecular flexibility index (Phi) is 16.9. The summed E-state index contributed by atoms with van der Waals surface area (Å²) in [4.78, 5) is 0. The van der Waals surface area contributed by atoms with Gasteiger partial charge in [0.15, 0.2) is 0 Å². The van der Waals surface area contributed by atoms with Crippen LogP contribution in [0.1, 0.15) is 32.6 Å². The van der Waals surface area contributed by atoms with Crippen molar-refractivity contribution >= 4 is 0 Å². The van der Waals surface area contributed by atoms with Gasteiger partial charge in [-0.25, -0.2) is 0 Å². The van der Waals surface area contributed by atoms with Crippen LogP contribution >= 0.6 is 0 Å².